The van der Waals surface area contributed by atoms with E-state index < -0.39 is 5.97 Å². The first-order valence-corrected chi connectivity index (χ1v) is 6.95. The summed E-state index contributed by atoms with van der Waals surface area (Å²) in [5.41, 5.74) is 0. The standard InChI is InChI=1S/C12H19N3O3S/c1-4-15(6-5-10(16)17)12(18)14-9(3)11-13-7-8(2)19-11/h7,9H,4-6H2,1-3H3,(H,14,18)(H,16,17). The van der Waals surface area contributed by atoms with Crippen molar-refractivity contribution in [3.8, 4) is 0 Å². The average Bonchev–Trinajstić information content (AvgIpc) is 2.76. The van der Waals surface area contributed by atoms with Gasteiger partial charge in [-0.05, 0) is 20.8 Å². The SMILES string of the molecule is CCN(CCC(=O)O)C(=O)NC(C)c1ncc(C)s1. The van der Waals surface area contributed by atoms with Crippen LogP contribution >= 0.6 is 11.3 Å². The Morgan fingerprint density at radius 1 is 1.58 bits per heavy atom. The molecular weight excluding hydrogens is 266 g/mol. The third-order valence-corrected chi connectivity index (χ3v) is 3.71. The van der Waals surface area contributed by atoms with E-state index in [4.69, 9.17) is 5.11 Å². The monoisotopic (exact) mass is 285 g/mol. The highest BCUT2D eigenvalue weighted by Crippen LogP contribution is 2.19. The van der Waals surface area contributed by atoms with Gasteiger partial charge in [-0.1, -0.05) is 0 Å². The third-order valence-electron chi connectivity index (χ3n) is 2.61. The highest BCUT2D eigenvalue weighted by Gasteiger charge is 2.17. The van der Waals surface area contributed by atoms with Crippen LogP contribution in [0.1, 0.15) is 36.2 Å². The maximum absolute atomic E-state index is 12.0. The number of amides is 2. The van der Waals surface area contributed by atoms with Gasteiger partial charge in [-0.15, -0.1) is 11.3 Å². The fourth-order valence-corrected chi connectivity index (χ4v) is 2.32. The summed E-state index contributed by atoms with van der Waals surface area (Å²) in [5.74, 6) is -0.908. The van der Waals surface area contributed by atoms with E-state index in [0.717, 1.165) is 9.88 Å². The normalized spacial score (nSPS) is 11.9. The van der Waals surface area contributed by atoms with Crippen molar-refractivity contribution in [1.82, 2.24) is 15.2 Å². The maximum atomic E-state index is 12.0. The van der Waals surface area contributed by atoms with Crippen LogP contribution in [-0.4, -0.2) is 40.1 Å². The van der Waals surface area contributed by atoms with Crippen molar-refractivity contribution >= 4 is 23.3 Å². The summed E-state index contributed by atoms with van der Waals surface area (Å²) < 4.78 is 0. The number of nitrogens with zero attached hydrogens (tertiary/aromatic N) is 2. The van der Waals surface area contributed by atoms with Crippen LogP contribution in [0.25, 0.3) is 0 Å². The Morgan fingerprint density at radius 2 is 2.26 bits per heavy atom. The Balaban J connectivity index is 2.54. The van der Waals surface area contributed by atoms with E-state index in [0.29, 0.717) is 6.54 Å². The molecular formula is C12H19N3O3S. The quantitative estimate of drug-likeness (QED) is 0.837. The lowest BCUT2D eigenvalue weighted by molar-refractivity contribution is -0.137. The summed E-state index contributed by atoms with van der Waals surface area (Å²) in [5, 5.41) is 12.3. The molecule has 1 atom stereocenters. The summed E-state index contributed by atoms with van der Waals surface area (Å²) in [6, 6.07) is -0.436. The van der Waals surface area contributed by atoms with Crippen molar-refractivity contribution in [2.75, 3.05) is 13.1 Å². The second-order valence-electron chi connectivity index (χ2n) is 4.20. The number of rotatable bonds is 6. The molecule has 2 N–H and O–H groups in total. The highest BCUT2D eigenvalue weighted by molar-refractivity contribution is 7.11. The molecule has 1 aromatic heterocycles. The molecule has 1 aromatic rings. The smallest absolute Gasteiger partial charge is 0.317 e. The number of carbonyl (C=O) groups excluding carboxylic acids is 1. The molecule has 1 heterocycles. The number of carbonyl (C=O) groups is 2. The van der Waals surface area contributed by atoms with E-state index in [2.05, 4.69) is 10.3 Å². The summed E-state index contributed by atoms with van der Waals surface area (Å²) in [7, 11) is 0. The van der Waals surface area contributed by atoms with E-state index in [1.807, 2.05) is 20.8 Å². The number of aromatic nitrogens is 1. The van der Waals surface area contributed by atoms with Crippen LogP contribution in [0.15, 0.2) is 6.20 Å². The number of carboxylic acids is 1. The fraction of sp³-hybridized carbons (Fsp3) is 0.583. The lowest BCUT2D eigenvalue weighted by atomic mass is 10.3. The molecule has 19 heavy (non-hydrogen) atoms. The van der Waals surface area contributed by atoms with Crippen molar-refractivity contribution in [3.05, 3.63) is 16.1 Å². The van der Waals surface area contributed by atoms with Gasteiger partial charge in [0.1, 0.15) is 5.01 Å². The van der Waals surface area contributed by atoms with E-state index in [1.54, 1.807) is 6.20 Å². The van der Waals surface area contributed by atoms with Crippen molar-refractivity contribution in [3.63, 3.8) is 0 Å². The van der Waals surface area contributed by atoms with Crippen LogP contribution in [-0.2, 0) is 4.79 Å². The molecule has 106 valence electrons. The molecule has 6 nitrogen and oxygen atoms in total. The second kappa shape index (κ2) is 7.08. The Hall–Kier alpha value is -1.63. The van der Waals surface area contributed by atoms with Gasteiger partial charge in [0, 0.05) is 24.2 Å². The molecule has 0 aliphatic heterocycles. The fourth-order valence-electron chi connectivity index (χ4n) is 1.54. The van der Waals surface area contributed by atoms with Crippen LogP contribution in [0.4, 0.5) is 4.79 Å². The molecule has 0 aliphatic rings. The molecule has 0 bridgehead atoms. The summed E-state index contributed by atoms with van der Waals surface area (Å²) in [4.78, 5) is 29.3. The van der Waals surface area contributed by atoms with Crippen molar-refractivity contribution in [2.24, 2.45) is 0 Å². The molecule has 0 fully saturated rings. The number of carboxylic acid groups (broad SMARTS) is 1. The number of thiazole rings is 1. The highest BCUT2D eigenvalue weighted by atomic mass is 32.1. The summed E-state index contributed by atoms with van der Waals surface area (Å²) >= 11 is 1.54. The number of aliphatic carboxylic acids is 1. The van der Waals surface area contributed by atoms with E-state index >= 15 is 0 Å². The van der Waals surface area contributed by atoms with Crippen LogP contribution in [0.3, 0.4) is 0 Å². The molecule has 0 saturated carbocycles. The number of nitrogens with one attached hydrogen (secondary N) is 1. The zero-order valence-corrected chi connectivity index (χ0v) is 12.2. The largest absolute Gasteiger partial charge is 0.481 e. The van der Waals surface area contributed by atoms with Gasteiger partial charge < -0.3 is 15.3 Å². The van der Waals surface area contributed by atoms with Crippen LogP contribution < -0.4 is 5.32 Å². The van der Waals surface area contributed by atoms with Crippen molar-refractivity contribution < 1.29 is 14.7 Å². The van der Waals surface area contributed by atoms with Gasteiger partial charge in [-0.3, -0.25) is 4.79 Å². The molecule has 2 amide bonds. The van der Waals surface area contributed by atoms with Gasteiger partial charge in [0.05, 0.1) is 12.5 Å². The zero-order valence-electron chi connectivity index (χ0n) is 11.3. The van der Waals surface area contributed by atoms with Crippen LogP contribution in [0.2, 0.25) is 0 Å². The van der Waals surface area contributed by atoms with Gasteiger partial charge in [-0.2, -0.15) is 0 Å². The first-order valence-electron chi connectivity index (χ1n) is 6.13. The van der Waals surface area contributed by atoms with E-state index in [-0.39, 0.29) is 25.0 Å². The molecule has 1 unspecified atom stereocenters. The maximum Gasteiger partial charge on any atom is 0.317 e. The minimum atomic E-state index is -0.908. The summed E-state index contributed by atoms with van der Waals surface area (Å²) in [6.45, 7) is 6.33. The molecule has 7 heteroatoms. The lowest BCUT2D eigenvalue weighted by Crippen LogP contribution is -2.41. The predicted molar refractivity (Wildman–Crippen MR) is 73.3 cm³/mol. The lowest BCUT2D eigenvalue weighted by Gasteiger charge is -2.22. The first-order chi connectivity index (χ1) is 8.93. The molecule has 0 aromatic carbocycles. The van der Waals surface area contributed by atoms with Gasteiger partial charge in [0.25, 0.3) is 0 Å². The number of hydrogen-bond acceptors (Lipinski definition) is 4. The average molecular weight is 285 g/mol. The Morgan fingerprint density at radius 3 is 2.74 bits per heavy atom. The Bertz CT molecular complexity index is 447. The van der Waals surface area contributed by atoms with Crippen molar-refractivity contribution in [2.45, 2.75) is 33.2 Å². The van der Waals surface area contributed by atoms with Crippen molar-refractivity contribution in [1.29, 1.82) is 0 Å². The number of hydrogen-bond donors (Lipinski definition) is 2. The topological polar surface area (TPSA) is 82.5 Å². The van der Waals surface area contributed by atoms with Gasteiger partial charge in [0.2, 0.25) is 0 Å². The van der Waals surface area contributed by atoms with Gasteiger partial charge in [0.15, 0.2) is 0 Å². The van der Waals surface area contributed by atoms with Gasteiger partial charge in [-0.25, -0.2) is 9.78 Å². The minimum Gasteiger partial charge on any atom is -0.481 e. The van der Waals surface area contributed by atoms with Crippen LogP contribution in [0.5, 0.6) is 0 Å². The number of aryl methyl sites for hydroxylation is 1. The Labute approximate surface area is 116 Å². The molecule has 0 spiro atoms. The van der Waals surface area contributed by atoms with E-state index in [1.165, 1.54) is 16.2 Å². The minimum absolute atomic E-state index is 0.0496. The van der Waals surface area contributed by atoms with E-state index in [9.17, 15) is 9.59 Å². The van der Waals surface area contributed by atoms with Gasteiger partial charge >= 0.3 is 12.0 Å². The zero-order chi connectivity index (χ0) is 14.4. The number of urea groups is 1. The molecule has 0 saturated heterocycles. The summed E-state index contributed by atoms with van der Waals surface area (Å²) in [6.07, 6.45) is 1.72. The molecule has 0 radical (unpaired) electrons. The second-order valence-corrected chi connectivity index (χ2v) is 5.47. The Kier molecular flexibility index (Phi) is 5.75. The predicted octanol–water partition coefficient (Wildman–Crippen LogP) is 2.02. The van der Waals surface area contributed by atoms with Crippen LogP contribution in [0, 0.1) is 6.92 Å². The first kappa shape index (κ1) is 15.4. The third kappa shape index (κ3) is 4.86. The molecule has 1 rings (SSSR count). The molecule has 0 aliphatic carbocycles.